The molecule has 0 aromatic heterocycles. The Labute approximate surface area is 115 Å². The van der Waals surface area contributed by atoms with Crippen molar-refractivity contribution in [1.82, 2.24) is 4.90 Å². The van der Waals surface area contributed by atoms with Crippen molar-refractivity contribution in [2.75, 3.05) is 31.5 Å². The SMILES string of the molecule is CC1CN(CC2CCNc3ccccc32)CC(C)O1. The van der Waals surface area contributed by atoms with Crippen LogP contribution < -0.4 is 5.32 Å². The zero-order chi connectivity index (χ0) is 13.2. The zero-order valence-electron chi connectivity index (χ0n) is 11.9. The van der Waals surface area contributed by atoms with Crippen molar-refractivity contribution in [3.05, 3.63) is 29.8 Å². The second kappa shape index (κ2) is 5.51. The largest absolute Gasteiger partial charge is 0.385 e. The van der Waals surface area contributed by atoms with Crippen LogP contribution in [0.5, 0.6) is 0 Å². The first-order valence-electron chi connectivity index (χ1n) is 7.43. The molecule has 2 aliphatic rings. The van der Waals surface area contributed by atoms with Gasteiger partial charge in [-0.25, -0.2) is 0 Å². The summed E-state index contributed by atoms with van der Waals surface area (Å²) in [5.74, 6) is 0.662. The molecule has 0 saturated carbocycles. The maximum absolute atomic E-state index is 5.82. The third-order valence-electron chi connectivity index (χ3n) is 4.18. The Balaban J connectivity index is 1.70. The Bertz CT molecular complexity index is 425. The normalized spacial score (nSPS) is 31.6. The Kier molecular flexibility index (Phi) is 3.76. The van der Waals surface area contributed by atoms with Crippen LogP contribution >= 0.6 is 0 Å². The van der Waals surface area contributed by atoms with Gasteiger partial charge >= 0.3 is 0 Å². The van der Waals surface area contributed by atoms with Gasteiger partial charge in [0, 0.05) is 37.8 Å². The number of benzene rings is 1. The van der Waals surface area contributed by atoms with Gasteiger partial charge in [0.15, 0.2) is 0 Å². The van der Waals surface area contributed by atoms with Crippen LogP contribution in [-0.2, 0) is 4.74 Å². The summed E-state index contributed by atoms with van der Waals surface area (Å²) in [6.45, 7) is 8.75. The van der Waals surface area contributed by atoms with E-state index in [1.165, 1.54) is 17.7 Å². The van der Waals surface area contributed by atoms with Crippen LogP contribution in [0.3, 0.4) is 0 Å². The number of nitrogens with zero attached hydrogens (tertiary/aromatic N) is 1. The summed E-state index contributed by atoms with van der Waals surface area (Å²) in [5.41, 5.74) is 2.81. The molecule has 19 heavy (non-hydrogen) atoms. The van der Waals surface area contributed by atoms with Gasteiger partial charge in [0.1, 0.15) is 0 Å². The van der Waals surface area contributed by atoms with Crippen LogP contribution in [0, 0.1) is 0 Å². The maximum atomic E-state index is 5.82. The number of nitrogens with one attached hydrogen (secondary N) is 1. The van der Waals surface area contributed by atoms with Crippen molar-refractivity contribution in [1.29, 1.82) is 0 Å². The number of rotatable bonds is 2. The van der Waals surface area contributed by atoms with Crippen molar-refractivity contribution >= 4 is 5.69 Å². The maximum Gasteiger partial charge on any atom is 0.0678 e. The molecule has 3 unspecified atom stereocenters. The molecule has 1 aromatic rings. The summed E-state index contributed by atoms with van der Waals surface area (Å²) in [4.78, 5) is 2.58. The molecule has 0 bridgehead atoms. The molecule has 0 radical (unpaired) electrons. The second-order valence-electron chi connectivity index (χ2n) is 5.98. The number of ether oxygens (including phenoxy) is 1. The van der Waals surface area contributed by atoms with Gasteiger partial charge in [0.25, 0.3) is 0 Å². The fraction of sp³-hybridized carbons (Fsp3) is 0.625. The molecule has 3 heteroatoms. The highest BCUT2D eigenvalue weighted by Crippen LogP contribution is 2.32. The summed E-state index contributed by atoms with van der Waals surface area (Å²) >= 11 is 0. The van der Waals surface area contributed by atoms with Crippen LogP contribution in [0.1, 0.15) is 31.7 Å². The molecule has 104 valence electrons. The zero-order valence-corrected chi connectivity index (χ0v) is 11.9. The van der Waals surface area contributed by atoms with Gasteiger partial charge in [-0.3, -0.25) is 4.90 Å². The smallest absolute Gasteiger partial charge is 0.0678 e. The average Bonchev–Trinajstić information content (AvgIpc) is 2.38. The van der Waals surface area contributed by atoms with E-state index in [-0.39, 0.29) is 0 Å². The van der Waals surface area contributed by atoms with E-state index in [0.717, 1.165) is 26.2 Å². The second-order valence-corrected chi connectivity index (χ2v) is 5.98. The van der Waals surface area contributed by atoms with E-state index in [4.69, 9.17) is 4.74 Å². The van der Waals surface area contributed by atoms with Gasteiger partial charge in [-0.1, -0.05) is 18.2 Å². The van der Waals surface area contributed by atoms with E-state index in [1.54, 1.807) is 0 Å². The molecular weight excluding hydrogens is 236 g/mol. The summed E-state index contributed by atoms with van der Waals surface area (Å²) in [6.07, 6.45) is 1.96. The topological polar surface area (TPSA) is 24.5 Å². The molecule has 1 saturated heterocycles. The minimum Gasteiger partial charge on any atom is -0.385 e. The van der Waals surface area contributed by atoms with Gasteiger partial charge in [-0.2, -0.15) is 0 Å². The van der Waals surface area contributed by atoms with E-state index in [2.05, 4.69) is 48.3 Å². The van der Waals surface area contributed by atoms with E-state index in [1.807, 2.05) is 0 Å². The lowest BCUT2D eigenvalue weighted by atomic mass is 9.90. The molecule has 1 fully saturated rings. The third-order valence-corrected chi connectivity index (χ3v) is 4.18. The highest BCUT2D eigenvalue weighted by Gasteiger charge is 2.27. The molecule has 1 N–H and O–H groups in total. The van der Waals surface area contributed by atoms with Crippen molar-refractivity contribution in [2.45, 2.75) is 38.4 Å². The molecule has 3 atom stereocenters. The van der Waals surface area contributed by atoms with Gasteiger partial charge < -0.3 is 10.1 Å². The Morgan fingerprint density at radius 1 is 1.21 bits per heavy atom. The minimum absolute atomic E-state index is 0.362. The quantitative estimate of drug-likeness (QED) is 0.885. The molecular formula is C16H24N2O. The van der Waals surface area contributed by atoms with Crippen LogP contribution in [-0.4, -0.2) is 43.3 Å². The molecule has 0 aliphatic carbocycles. The molecule has 0 spiro atoms. The first-order valence-corrected chi connectivity index (χ1v) is 7.43. The standard InChI is InChI=1S/C16H24N2O/c1-12-9-18(10-13(2)19-12)11-14-7-8-17-16-6-4-3-5-15(14)16/h3-6,12-14,17H,7-11H2,1-2H3. The van der Waals surface area contributed by atoms with Gasteiger partial charge in [-0.15, -0.1) is 0 Å². The summed E-state index contributed by atoms with van der Waals surface area (Å²) in [6, 6.07) is 8.75. The number of hydrogen-bond acceptors (Lipinski definition) is 3. The summed E-state index contributed by atoms with van der Waals surface area (Å²) < 4.78 is 5.82. The lowest BCUT2D eigenvalue weighted by Crippen LogP contribution is -2.47. The summed E-state index contributed by atoms with van der Waals surface area (Å²) in [5, 5.41) is 3.50. The average molecular weight is 260 g/mol. The predicted octanol–water partition coefficient (Wildman–Crippen LogP) is 2.70. The van der Waals surface area contributed by atoms with E-state index in [0.29, 0.717) is 18.1 Å². The third kappa shape index (κ3) is 2.93. The fourth-order valence-electron chi connectivity index (χ4n) is 3.49. The number of hydrogen-bond donors (Lipinski definition) is 1. The summed E-state index contributed by atoms with van der Waals surface area (Å²) in [7, 11) is 0. The fourth-order valence-corrected chi connectivity index (χ4v) is 3.49. The number of para-hydroxylation sites is 1. The van der Waals surface area contributed by atoms with Crippen molar-refractivity contribution < 1.29 is 4.74 Å². The molecule has 2 aliphatic heterocycles. The van der Waals surface area contributed by atoms with Crippen molar-refractivity contribution in [2.24, 2.45) is 0 Å². The highest BCUT2D eigenvalue weighted by atomic mass is 16.5. The number of morpholine rings is 1. The van der Waals surface area contributed by atoms with E-state index >= 15 is 0 Å². The predicted molar refractivity (Wildman–Crippen MR) is 78.7 cm³/mol. The first kappa shape index (κ1) is 12.9. The minimum atomic E-state index is 0.362. The molecule has 2 heterocycles. The molecule has 3 nitrogen and oxygen atoms in total. The Hall–Kier alpha value is -1.06. The Morgan fingerprint density at radius 2 is 1.95 bits per heavy atom. The molecule has 1 aromatic carbocycles. The molecule has 3 rings (SSSR count). The Morgan fingerprint density at radius 3 is 2.74 bits per heavy atom. The lowest BCUT2D eigenvalue weighted by Gasteiger charge is -2.38. The highest BCUT2D eigenvalue weighted by molar-refractivity contribution is 5.54. The first-order chi connectivity index (χ1) is 9.22. The monoisotopic (exact) mass is 260 g/mol. The van der Waals surface area contributed by atoms with Crippen LogP contribution in [0.15, 0.2) is 24.3 Å². The number of anilines is 1. The van der Waals surface area contributed by atoms with Crippen LogP contribution in [0.25, 0.3) is 0 Å². The van der Waals surface area contributed by atoms with E-state index in [9.17, 15) is 0 Å². The van der Waals surface area contributed by atoms with Crippen LogP contribution in [0.4, 0.5) is 5.69 Å². The van der Waals surface area contributed by atoms with Gasteiger partial charge in [-0.05, 0) is 31.9 Å². The van der Waals surface area contributed by atoms with Gasteiger partial charge in [0.2, 0.25) is 0 Å². The van der Waals surface area contributed by atoms with E-state index < -0.39 is 0 Å². The van der Waals surface area contributed by atoms with Crippen LogP contribution in [0.2, 0.25) is 0 Å². The van der Waals surface area contributed by atoms with Crippen molar-refractivity contribution in [3.63, 3.8) is 0 Å². The lowest BCUT2D eigenvalue weighted by molar-refractivity contribution is -0.0694. The number of fused-ring (bicyclic) bond motifs is 1. The van der Waals surface area contributed by atoms with Gasteiger partial charge in [0.05, 0.1) is 12.2 Å². The van der Waals surface area contributed by atoms with Crippen molar-refractivity contribution in [3.8, 4) is 0 Å². The molecule has 0 amide bonds.